The highest BCUT2D eigenvalue weighted by molar-refractivity contribution is 9.10. The summed E-state index contributed by atoms with van der Waals surface area (Å²) in [6, 6.07) is 4.65. The van der Waals surface area contributed by atoms with Crippen LogP contribution in [0.15, 0.2) is 38.0 Å². The Morgan fingerprint density at radius 2 is 1.89 bits per heavy atom. The van der Waals surface area contributed by atoms with Crippen LogP contribution in [0.5, 0.6) is 0 Å². The molecule has 0 spiro atoms. The monoisotopic (exact) mass is 375 g/mol. The molecule has 2 heterocycles. The van der Waals surface area contributed by atoms with E-state index in [1.165, 1.54) is 6.07 Å². The fourth-order valence-electron chi connectivity index (χ4n) is 1.18. The largest absolute Gasteiger partial charge is 0.444 e. The van der Waals surface area contributed by atoms with Crippen molar-refractivity contribution in [2.45, 2.75) is 0 Å². The molecule has 3 N–H and O–H groups in total. The van der Waals surface area contributed by atoms with Crippen LogP contribution in [0, 0.1) is 0 Å². The van der Waals surface area contributed by atoms with Gasteiger partial charge in [-0.05, 0) is 50.1 Å². The van der Waals surface area contributed by atoms with Gasteiger partial charge in [-0.2, -0.15) is 0 Å². The number of nitrogens with one attached hydrogen (secondary N) is 3. The Labute approximate surface area is 118 Å². The number of hydrogen-bond acceptors (Lipinski definition) is 3. The highest BCUT2D eigenvalue weighted by Crippen LogP contribution is 2.13. The van der Waals surface area contributed by atoms with E-state index in [-0.39, 0.29) is 5.76 Å². The van der Waals surface area contributed by atoms with Crippen molar-refractivity contribution in [2.75, 3.05) is 0 Å². The van der Waals surface area contributed by atoms with Gasteiger partial charge in [-0.1, -0.05) is 0 Å². The van der Waals surface area contributed by atoms with Gasteiger partial charge in [-0.3, -0.25) is 20.4 Å². The molecule has 8 heteroatoms. The summed E-state index contributed by atoms with van der Waals surface area (Å²) in [6.45, 7) is 0. The standard InChI is InChI=1S/C10H7Br2N3O3/c11-5-3-6(13-4-5)9(16)14-15-10(17)7-1-2-8(12)18-7/h1-4,13H,(H,14,16)(H,15,17). The van der Waals surface area contributed by atoms with Gasteiger partial charge in [-0.25, -0.2) is 0 Å². The zero-order valence-corrected chi connectivity index (χ0v) is 12.0. The minimum atomic E-state index is -0.542. The number of carbonyl (C=O) groups excluding carboxylic acids is 2. The molecule has 0 aliphatic rings. The maximum atomic E-state index is 11.6. The molecule has 0 bridgehead atoms. The smallest absolute Gasteiger partial charge is 0.305 e. The first kappa shape index (κ1) is 12.9. The van der Waals surface area contributed by atoms with E-state index in [2.05, 4.69) is 47.7 Å². The number of aromatic nitrogens is 1. The molecular weight excluding hydrogens is 370 g/mol. The van der Waals surface area contributed by atoms with Gasteiger partial charge in [0.2, 0.25) is 0 Å². The van der Waals surface area contributed by atoms with Crippen molar-refractivity contribution in [1.29, 1.82) is 0 Å². The second-order valence-electron chi connectivity index (χ2n) is 3.24. The molecule has 6 nitrogen and oxygen atoms in total. The molecule has 2 aromatic rings. The topological polar surface area (TPSA) is 87.1 Å². The molecule has 0 aliphatic heterocycles. The summed E-state index contributed by atoms with van der Waals surface area (Å²) in [5.74, 6) is -0.908. The second-order valence-corrected chi connectivity index (χ2v) is 4.94. The van der Waals surface area contributed by atoms with Crippen LogP contribution in [0.1, 0.15) is 21.0 Å². The van der Waals surface area contributed by atoms with Gasteiger partial charge in [0.15, 0.2) is 10.4 Å². The number of furan rings is 1. The predicted octanol–water partition coefficient (Wildman–Crippen LogP) is 2.21. The van der Waals surface area contributed by atoms with E-state index in [1.807, 2.05) is 0 Å². The van der Waals surface area contributed by atoms with Gasteiger partial charge in [0, 0.05) is 10.7 Å². The van der Waals surface area contributed by atoms with Crippen LogP contribution in [0.4, 0.5) is 0 Å². The summed E-state index contributed by atoms with van der Waals surface area (Å²) in [7, 11) is 0. The third-order valence-electron chi connectivity index (χ3n) is 1.98. The lowest BCUT2D eigenvalue weighted by molar-refractivity contribution is 0.0828. The zero-order chi connectivity index (χ0) is 13.1. The van der Waals surface area contributed by atoms with Crippen molar-refractivity contribution < 1.29 is 14.0 Å². The molecular formula is C10H7Br2N3O3. The van der Waals surface area contributed by atoms with E-state index in [9.17, 15) is 9.59 Å². The van der Waals surface area contributed by atoms with Crippen molar-refractivity contribution in [1.82, 2.24) is 15.8 Å². The number of hydrogen-bond donors (Lipinski definition) is 3. The van der Waals surface area contributed by atoms with Crippen LogP contribution in [-0.4, -0.2) is 16.8 Å². The molecule has 0 saturated heterocycles. The van der Waals surface area contributed by atoms with Gasteiger partial charge in [-0.15, -0.1) is 0 Å². The van der Waals surface area contributed by atoms with Crippen LogP contribution < -0.4 is 10.9 Å². The molecule has 94 valence electrons. The summed E-state index contributed by atoms with van der Waals surface area (Å²) in [5.41, 5.74) is 4.81. The molecule has 2 aromatic heterocycles. The van der Waals surface area contributed by atoms with E-state index < -0.39 is 11.8 Å². The highest BCUT2D eigenvalue weighted by Gasteiger charge is 2.13. The summed E-state index contributed by atoms with van der Waals surface area (Å²) in [4.78, 5) is 25.9. The van der Waals surface area contributed by atoms with Crippen LogP contribution in [0.2, 0.25) is 0 Å². The SMILES string of the molecule is O=C(NNC(=O)c1ccc(Br)o1)c1cc(Br)c[nH]1. The van der Waals surface area contributed by atoms with Gasteiger partial charge in [0.25, 0.3) is 5.91 Å². The molecule has 0 saturated carbocycles. The summed E-state index contributed by atoms with van der Waals surface area (Å²) in [6.07, 6.45) is 1.61. The van der Waals surface area contributed by atoms with Crippen molar-refractivity contribution in [3.05, 3.63) is 45.0 Å². The minimum absolute atomic E-state index is 0.0924. The highest BCUT2D eigenvalue weighted by atomic mass is 79.9. The quantitative estimate of drug-likeness (QED) is 0.702. The van der Waals surface area contributed by atoms with Gasteiger partial charge in [0.05, 0.1) is 0 Å². The minimum Gasteiger partial charge on any atom is -0.444 e. The molecule has 2 rings (SSSR count). The lowest BCUT2D eigenvalue weighted by atomic mass is 10.4. The summed E-state index contributed by atoms with van der Waals surface area (Å²) < 4.78 is 6.21. The zero-order valence-electron chi connectivity index (χ0n) is 8.79. The van der Waals surface area contributed by atoms with Crippen molar-refractivity contribution in [3.8, 4) is 0 Å². The summed E-state index contributed by atoms with van der Waals surface area (Å²) in [5, 5.41) is 0. The van der Waals surface area contributed by atoms with Crippen LogP contribution >= 0.6 is 31.9 Å². The van der Waals surface area contributed by atoms with Gasteiger partial charge < -0.3 is 9.40 Å². The molecule has 0 aliphatic carbocycles. The maximum Gasteiger partial charge on any atom is 0.305 e. The molecule has 0 aromatic carbocycles. The number of halogens is 2. The number of carbonyl (C=O) groups is 2. The molecule has 0 unspecified atom stereocenters. The molecule has 0 atom stereocenters. The lowest BCUT2D eigenvalue weighted by Crippen LogP contribution is -2.41. The van der Waals surface area contributed by atoms with E-state index >= 15 is 0 Å². The fraction of sp³-hybridized carbons (Fsp3) is 0. The number of amides is 2. The Morgan fingerprint density at radius 3 is 2.44 bits per heavy atom. The Hall–Kier alpha value is -1.54. The Bertz CT molecular complexity index is 538. The number of rotatable bonds is 2. The van der Waals surface area contributed by atoms with Crippen molar-refractivity contribution >= 4 is 43.7 Å². The third-order valence-corrected chi connectivity index (χ3v) is 2.86. The normalized spacial score (nSPS) is 10.1. The molecule has 2 amide bonds. The fourth-order valence-corrected chi connectivity index (χ4v) is 1.83. The molecule has 0 fully saturated rings. The maximum absolute atomic E-state index is 11.6. The van der Waals surface area contributed by atoms with E-state index in [1.54, 1.807) is 18.3 Å². The van der Waals surface area contributed by atoms with Crippen LogP contribution in [0.25, 0.3) is 0 Å². The predicted molar refractivity (Wildman–Crippen MR) is 69.8 cm³/mol. The van der Waals surface area contributed by atoms with E-state index in [0.29, 0.717) is 10.4 Å². The van der Waals surface area contributed by atoms with Gasteiger partial charge in [0.1, 0.15) is 5.69 Å². The number of H-pyrrole nitrogens is 1. The Kier molecular flexibility index (Phi) is 3.87. The first-order chi connectivity index (χ1) is 8.56. The van der Waals surface area contributed by atoms with E-state index in [0.717, 1.165) is 4.47 Å². The number of hydrazine groups is 1. The average Bonchev–Trinajstić information content (AvgIpc) is 2.94. The van der Waals surface area contributed by atoms with Crippen molar-refractivity contribution in [3.63, 3.8) is 0 Å². The first-order valence-corrected chi connectivity index (χ1v) is 6.35. The second kappa shape index (κ2) is 5.40. The van der Waals surface area contributed by atoms with Crippen LogP contribution in [-0.2, 0) is 0 Å². The van der Waals surface area contributed by atoms with E-state index in [4.69, 9.17) is 4.42 Å². The van der Waals surface area contributed by atoms with Gasteiger partial charge >= 0.3 is 5.91 Å². The van der Waals surface area contributed by atoms with Crippen LogP contribution in [0.3, 0.4) is 0 Å². The Morgan fingerprint density at radius 1 is 1.17 bits per heavy atom. The van der Waals surface area contributed by atoms with Crippen molar-refractivity contribution in [2.24, 2.45) is 0 Å². The number of aromatic amines is 1. The Balaban J connectivity index is 1.92. The average molecular weight is 377 g/mol. The molecule has 18 heavy (non-hydrogen) atoms. The molecule has 0 radical (unpaired) electrons. The lowest BCUT2D eigenvalue weighted by Gasteiger charge is -2.03. The third kappa shape index (κ3) is 3.02. The summed E-state index contributed by atoms with van der Waals surface area (Å²) >= 11 is 6.28. The first-order valence-electron chi connectivity index (χ1n) is 4.76.